The molecule has 0 bridgehead atoms. The number of methoxy groups -OCH3 is 1. The second kappa shape index (κ2) is 6.59. The van der Waals surface area contributed by atoms with Crippen LogP contribution in [0.15, 0.2) is 21.8 Å². The van der Waals surface area contributed by atoms with E-state index < -0.39 is 16.0 Å². The molecule has 21 heavy (non-hydrogen) atoms. The molecule has 2 atom stereocenters. The molecule has 2 rings (SSSR count). The van der Waals surface area contributed by atoms with Crippen LogP contribution in [0.2, 0.25) is 0 Å². The SMILES string of the molecule is COC(=O)c1coc(S(=O)(=O)NC2CCCCC2CN)c1. The van der Waals surface area contributed by atoms with Gasteiger partial charge >= 0.3 is 5.97 Å². The van der Waals surface area contributed by atoms with Crippen LogP contribution in [0.25, 0.3) is 0 Å². The number of esters is 1. The van der Waals surface area contributed by atoms with Gasteiger partial charge in [0.1, 0.15) is 6.26 Å². The van der Waals surface area contributed by atoms with E-state index in [1.54, 1.807) is 0 Å². The molecule has 0 aliphatic heterocycles. The molecule has 118 valence electrons. The third-order valence-electron chi connectivity index (χ3n) is 3.78. The zero-order valence-corrected chi connectivity index (χ0v) is 12.7. The Labute approximate surface area is 123 Å². The second-order valence-electron chi connectivity index (χ2n) is 5.15. The van der Waals surface area contributed by atoms with Crippen molar-refractivity contribution in [3.8, 4) is 0 Å². The van der Waals surface area contributed by atoms with E-state index in [4.69, 9.17) is 10.2 Å². The standard InChI is InChI=1S/C13H20N2O5S/c1-19-13(16)10-6-12(20-8-10)21(17,18)15-11-5-3-2-4-9(11)7-14/h6,8-9,11,15H,2-5,7,14H2,1H3. The lowest BCUT2D eigenvalue weighted by atomic mass is 9.85. The molecule has 0 radical (unpaired) electrons. The Morgan fingerprint density at radius 3 is 2.86 bits per heavy atom. The Hall–Kier alpha value is -1.38. The lowest BCUT2D eigenvalue weighted by Crippen LogP contribution is -2.44. The van der Waals surface area contributed by atoms with Crippen molar-refractivity contribution in [3.63, 3.8) is 0 Å². The van der Waals surface area contributed by atoms with E-state index in [-0.39, 0.29) is 22.6 Å². The lowest BCUT2D eigenvalue weighted by Gasteiger charge is -2.30. The molecule has 0 aromatic carbocycles. The maximum atomic E-state index is 12.3. The summed E-state index contributed by atoms with van der Waals surface area (Å²) in [7, 11) is -2.59. The molecule has 0 spiro atoms. The molecule has 1 aromatic rings. The van der Waals surface area contributed by atoms with Crippen LogP contribution in [0.1, 0.15) is 36.0 Å². The summed E-state index contributed by atoms with van der Waals surface area (Å²) in [6.07, 6.45) is 4.77. The minimum Gasteiger partial charge on any atom is -0.465 e. The topological polar surface area (TPSA) is 112 Å². The largest absolute Gasteiger partial charge is 0.465 e. The molecular weight excluding hydrogens is 296 g/mol. The van der Waals surface area contributed by atoms with Crippen molar-refractivity contribution >= 4 is 16.0 Å². The van der Waals surface area contributed by atoms with Crippen LogP contribution in [0.5, 0.6) is 0 Å². The van der Waals surface area contributed by atoms with Gasteiger partial charge in [-0.2, -0.15) is 0 Å². The number of hydrogen-bond donors (Lipinski definition) is 2. The van der Waals surface area contributed by atoms with Crippen LogP contribution >= 0.6 is 0 Å². The van der Waals surface area contributed by atoms with E-state index in [1.807, 2.05) is 0 Å². The van der Waals surface area contributed by atoms with Gasteiger partial charge in [-0.3, -0.25) is 0 Å². The smallest absolute Gasteiger partial charge is 0.341 e. The first-order valence-electron chi connectivity index (χ1n) is 6.87. The first-order valence-corrected chi connectivity index (χ1v) is 8.35. The minimum atomic E-state index is -3.80. The monoisotopic (exact) mass is 316 g/mol. The summed E-state index contributed by atoms with van der Waals surface area (Å²) in [6.45, 7) is 0.443. The van der Waals surface area contributed by atoms with Crippen molar-refractivity contribution in [1.82, 2.24) is 4.72 Å². The van der Waals surface area contributed by atoms with Crippen LogP contribution < -0.4 is 10.5 Å². The van der Waals surface area contributed by atoms with Crippen LogP contribution in [-0.4, -0.2) is 34.1 Å². The van der Waals surface area contributed by atoms with Crippen LogP contribution in [0.3, 0.4) is 0 Å². The second-order valence-corrected chi connectivity index (χ2v) is 6.80. The summed E-state index contributed by atoms with van der Waals surface area (Å²) >= 11 is 0. The fourth-order valence-electron chi connectivity index (χ4n) is 2.58. The Morgan fingerprint density at radius 2 is 2.19 bits per heavy atom. The summed E-state index contributed by atoms with van der Waals surface area (Å²) < 4.78 is 36.7. The molecule has 1 aliphatic rings. The molecule has 2 unspecified atom stereocenters. The molecule has 8 heteroatoms. The number of carbonyl (C=O) groups is 1. The van der Waals surface area contributed by atoms with Gasteiger partial charge in [0.2, 0.25) is 5.09 Å². The fraction of sp³-hybridized carbons (Fsp3) is 0.615. The predicted octanol–water partition coefficient (Wildman–Crippen LogP) is 0.862. The summed E-state index contributed by atoms with van der Waals surface area (Å²) in [6, 6.07) is 0.967. The van der Waals surface area contributed by atoms with Gasteiger partial charge in [-0.15, -0.1) is 0 Å². The molecule has 0 saturated heterocycles. The molecular formula is C13H20N2O5S. The summed E-state index contributed by atoms with van der Waals surface area (Å²) in [5.41, 5.74) is 5.76. The van der Waals surface area contributed by atoms with Crippen LogP contribution in [0, 0.1) is 5.92 Å². The summed E-state index contributed by atoms with van der Waals surface area (Å²) in [5.74, 6) is -0.513. The van der Waals surface area contributed by atoms with Gasteiger partial charge in [-0.1, -0.05) is 12.8 Å². The summed E-state index contributed by atoms with van der Waals surface area (Å²) in [4.78, 5) is 11.3. The quantitative estimate of drug-likeness (QED) is 0.779. The fourth-order valence-corrected chi connectivity index (χ4v) is 3.87. The van der Waals surface area contributed by atoms with Crippen molar-refractivity contribution < 1.29 is 22.4 Å². The number of hydrogen-bond acceptors (Lipinski definition) is 6. The first-order chi connectivity index (χ1) is 9.97. The van der Waals surface area contributed by atoms with Gasteiger partial charge in [-0.25, -0.2) is 17.9 Å². The van der Waals surface area contributed by atoms with Crippen molar-refractivity contribution in [2.45, 2.75) is 36.8 Å². The maximum Gasteiger partial charge on any atom is 0.341 e. The Morgan fingerprint density at radius 1 is 1.48 bits per heavy atom. The van der Waals surface area contributed by atoms with Gasteiger partial charge in [0.05, 0.1) is 12.7 Å². The van der Waals surface area contributed by atoms with Gasteiger partial charge in [0.25, 0.3) is 10.0 Å². The minimum absolute atomic E-state index is 0.0666. The average molecular weight is 316 g/mol. The van der Waals surface area contributed by atoms with Gasteiger partial charge in [0.15, 0.2) is 0 Å². The van der Waals surface area contributed by atoms with Crippen molar-refractivity contribution in [1.29, 1.82) is 0 Å². The van der Waals surface area contributed by atoms with E-state index in [0.29, 0.717) is 6.54 Å². The number of nitrogens with two attached hydrogens (primary N) is 1. The third-order valence-corrected chi connectivity index (χ3v) is 5.14. The number of nitrogens with one attached hydrogen (secondary N) is 1. The highest BCUT2D eigenvalue weighted by atomic mass is 32.2. The Balaban J connectivity index is 2.14. The van der Waals surface area contributed by atoms with Crippen LogP contribution in [0.4, 0.5) is 0 Å². The van der Waals surface area contributed by atoms with E-state index in [9.17, 15) is 13.2 Å². The highest BCUT2D eigenvalue weighted by Crippen LogP contribution is 2.25. The Bertz CT molecular complexity index is 595. The number of ether oxygens (including phenoxy) is 1. The lowest BCUT2D eigenvalue weighted by molar-refractivity contribution is 0.0600. The highest BCUT2D eigenvalue weighted by Gasteiger charge is 2.30. The van der Waals surface area contributed by atoms with Crippen molar-refractivity contribution in [2.75, 3.05) is 13.7 Å². The first kappa shape index (κ1) is 16.0. The van der Waals surface area contributed by atoms with E-state index in [1.165, 1.54) is 7.11 Å². The van der Waals surface area contributed by atoms with E-state index in [0.717, 1.165) is 38.0 Å². The zero-order valence-electron chi connectivity index (χ0n) is 11.9. The van der Waals surface area contributed by atoms with E-state index >= 15 is 0 Å². The molecule has 0 amide bonds. The average Bonchev–Trinajstić information content (AvgIpc) is 2.97. The molecule has 1 heterocycles. The zero-order chi connectivity index (χ0) is 15.5. The molecule has 7 nitrogen and oxygen atoms in total. The molecule has 1 aliphatic carbocycles. The maximum absolute atomic E-state index is 12.3. The molecule has 1 aromatic heterocycles. The molecule has 1 fully saturated rings. The van der Waals surface area contributed by atoms with Gasteiger partial charge < -0.3 is 14.9 Å². The number of furan rings is 1. The van der Waals surface area contributed by atoms with E-state index in [2.05, 4.69) is 9.46 Å². The predicted molar refractivity (Wildman–Crippen MR) is 75.2 cm³/mol. The number of sulfonamides is 1. The number of carbonyl (C=O) groups excluding carboxylic acids is 1. The third kappa shape index (κ3) is 3.63. The molecule has 3 N–H and O–H groups in total. The molecule has 1 saturated carbocycles. The number of rotatable bonds is 5. The van der Waals surface area contributed by atoms with Crippen LogP contribution in [-0.2, 0) is 14.8 Å². The Kier molecular flexibility index (Phi) is 5.02. The van der Waals surface area contributed by atoms with Gasteiger partial charge in [-0.05, 0) is 25.3 Å². The van der Waals surface area contributed by atoms with Gasteiger partial charge in [0, 0.05) is 12.1 Å². The summed E-state index contributed by atoms with van der Waals surface area (Å²) in [5, 5.41) is -0.288. The highest BCUT2D eigenvalue weighted by molar-refractivity contribution is 7.89. The van der Waals surface area contributed by atoms with Crippen molar-refractivity contribution in [3.05, 3.63) is 17.9 Å². The normalized spacial score (nSPS) is 23.0. The van der Waals surface area contributed by atoms with Crippen molar-refractivity contribution in [2.24, 2.45) is 11.7 Å².